The highest BCUT2D eigenvalue weighted by molar-refractivity contribution is 5.99. The molecule has 0 radical (unpaired) electrons. The molecule has 5 amide bonds. The number of amides is 5. The van der Waals surface area contributed by atoms with E-state index in [9.17, 15) is 24.0 Å². The van der Waals surface area contributed by atoms with Gasteiger partial charge in [-0.1, -0.05) is 75.2 Å². The minimum Gasteiger partial charge on any atom is -0.457 e. The maximum atomic E-state index is 13.5. The molecular formula is C43H68N6O6. The van der Waals surface area contributed by atoms with Gasteiger partial charge in [-0.05, 0) is 112 Å². The van der Waals surface area contributed by atoms with Gasteiger partial charge in [0.1, 0.15) is 29.6 Å². The predicted molar refractivity (Wildman–Crippen MR) is 219 cm³/mol. The largest absolute Gasteiger partial charge is 0.457 e. The summed E-state index contributed by atoms with van der Waals surface area (Å²) in [4.78, 5) is 68.2. The van der Waals surface area contributed by atoms with E-state index in [1.54, 1.807) is 48.5 Å². The standard InChI is InChI=1S/C43H68N6O6/c1-10-14-24-44-42(53)37(28-30(7)8)47-43(54)38(31(9)11-2)48-40(51)33-18-22-35(23-19-33)55-34-20-16-32(17-21-34)39(50)46-36(27-29(5)6)41(52)45-25-15-26-49(12-3)13-4/h16-23,29-31,36-38H,10-15,24-28H2,1-9H3,(H,44,53)(H,45,52)(H,46,50)(H,47,54)(H,48,51)/t31?,36-,37-,38-/m0/s1. The summed E-state index contributed by atoms with van der Waals surface area (Å²) in [5.41, 5.74) is 0.746. The van der Waals surface area contributed by atoms with E-state index in [0.717, 1.165) is 38.9 Å². The number of nitrogens with one attached hydrogen (secondary N) is 5. The Morgan fingerprint density at radius 1 is 0.600 bits per heavy atom. The molecule has 2 aromatic carbocycles. The second-order valence-electron chi connectivity index (χ2n) is 15.1. The summed E-state index contributed by atoms with van der Waals surface area (Å²) in [5.74, 6) is -0.377. The van der Waals surface area contributed by atoms with Gasteiger partial charge in [0, 0.05) is 24.2 Å². The lowest BCUT2D eigenvalue weighted by Gasteiger charge is -2.27. The number of benzene rings is 2. The first-order valence-corrected chi connectivity index (χ1v) is 20.3. The van der Waals surface area contributed by atoms with Gasteiger partial charge in [-0.2, -0.15) is 0 Å². The van der Waals surface area contributed by atoms with E-state index in [1.165, 1.54) is 0 Å². The third-order valence-corrected chi connectivity index (χ3v) is 9.59. The van der Waals surface area contributed by atoms with Gasteiger partial charge in [0.15, 0.2) is 0 Å². The molecule has 1 unspecified atom stereocenters. The van der Waals surface area contributed by atoms with E-state index in [4.69, 9.17) is 4.74 Å². The zero-order valence-corrected chi connectivity index (χ0v) is 34.8. The number of ether oxygens (including phenoxy) is 1. The summed E-state index contributed by atoms with van der Waals surface area (Å²) in [6.45, 7) is 22.1. The van der Waals surface area contributed by atoms with Crippen molar-refractivity contribution in [2.75, 3.05) is 32.7 Å². The molecule has 0 aliphatic carbocycles. The van der Waals surface area contributed by atoms with Gasteiger partial charge in [0.25, 0.3) is 11.8 Å². The number of rotatable bonds is 25. The highest BCUT2D eigenvalue weighted by atomic mass is 16.5. The highest BCUT2D eigenvalue weighted by Crippen LogP contribution is 2.23. The van der Waals surface area contributed by atoms with Crippen LogP contribution in [0, 0.1) is 17.8 Å². The van der Waals surface area contributed by atoms with Gasteiger partial charge < -0.3 is 36.2 Å². The number of carbonyl (C=O) groups is 5. The Labute approximate surface area is 329 Å². The molecule has 2 aromatic rings. The fourth-order valence-electron chi connectivity index (χ4n) is 6.01. The van der Waals surface area contributed by atoms with Crippen molar-refractivity contribution in [3.63, 3.8) is 0 Å². The van der Waals surface area contributed by atoms with Crippen molar-refractivity contribution in [1.82, 2.24) is 31.5 Å². The van der Waals surface area contributed by atoms with Crippen molar-refractivity contribution in [3.05, 3.63) is 59.7 Å². The van der Waals surface area contributed by atoms with Crippen LogP contribution in [0.1, 0.15) is 122 Å². The minimum atomic E-state index is -0.833. The Morgan fingerprint density at radius 3 is 1.49 bits per heavy atom. The lowest BCUT2D eigenvalue weighted by atomic mass is 9.96. The quantitative estimate of drug-likeness (QED) is 0.0769. The Bertz CT molecular complexity index is 1480. The second-order valence-corrected chi connectivity index (χ2v) is 15.1. The minimum absolute atomic E-state index is 0.176. The van der Waals surface area contributed by atoms with Crippen molar-refractivity contribution in [2.24, 2.45) is 17.8 Å². The van der Waals surface area contributed by atoms with E-state index >= 15 is 0 Å². The van der Waals surface area contributed by atoms with E-state index in [1.807, 2.05) is 48.5 Å². The van der Waals surface area contributed by atoms with Crippen LogP contribution in [-0.2, 0) is 14.4 Å². The molecule has 12 nitrogen and oxygen atoms in total. The fraction of sp³-hybridized carbons (Fsp3) is 0.605. The van der Waals surface area contributed by atoms with Crippen molar-refractivity contribution < 1.29 is 28.7 Å². The first-order chi connectivity index (χ1) is 26.2. The number of hydrogen-bond donors (Lipinski definition) is 5. The third-order valence-electron chi connectivity index (χ3n) is 9.59. The summed E-state index contributed by atoms with van der Waals surface area (Å²) in [6, 6.07) is 11.0. The monoisotopic (exact) mass is 765 g/mol. The molecular weight excluding hydrogens is 697 g/mol. The topological polar surface area (TPSA) is 158 Å². The van der Waals surface area contributed by atoms with E-state index in [2.05, 4.69) is 45.3 Å². The van der Waals surface area contributed by atoms with E-state index < -0.39 is 29.9 Å². The van der Waals surface area contributed by atoms with Gasteiger partial charge in [-0.15, -0.1) is 0 Å². The molecule has 0 aliphatic heterocycles. The molecule has 0 aromatic heterocycles. The molecule has 0 saturated carbocycles. The van der Waals surface area contributed by atoms with Crippen LogP contribution in [0.15, 0.2) is 48.5 Å². The third kappa shape index (κ3) is 16.8. The fourth-order valence-corrected chi connectivity index (χ4v) is 6.01. The van der Waals surface area contributed by atoms with Crippen molar-refractivity contribution >= 4 is 29.5 Å². The summed E-state index contributed by atoms with van der Waals surface area (Å²) >= 11 is 0. The van der Waals surface area contributed by atoms with Crippen LogP contribution < -0.4 is 31.3 Å². The van der Waals surface area contributed by atoms with Gasteiger partial charge in [0.05, 0.1) is 0 Å². The molecule has 0 heterocycles. The molecule has 4 atom stereocenters. The average molecular weight is 765 g/mol. The maximum absolute atomic E-state index is 13.5. The van der Waals surface area contributed by atoms with E-state index in [0.29, 0.717) is 55.0 Å². The van der Waals surface area contributed by atoms with Gasteiger partial charge >= 0.3 is 0 Å². The van der Waals surface area contributed by atoms with Crippen molar-refractivity contribution in [3.8, 4) is 11.5 Å². The normalized spacial score (nSPS) is 13.5. The molecule has 12 heteroatoms. The van der Waals surface area contributed by atoms with Crippen LogP contribution in [0.3, 0.4) is 0 Å². The molecule has 5 N–H and O–H groups in total. The van der Waals surface area contributed by atoms with Crippen LogP contribution >= 0.6 is 0 Å². The predicted octanol–water partition coefficient (Wildman–Crippen LogP) is 6.06. The number of unbranched alkanes of at least 4 members (excludes halogenated alkanes) is 1. The second kappa shape index (κ2) is 24.9. The molecule has 306 valence electrons. The highest BCUT2D eigenvalue weighted by Gasteiger charge is 2.30. The SMILES string of the molecule is CCCCNC(=O)[C@H](CC(C)C)NC(=O)[C@@H](NC(=O)c1ccc(Oc2ccc(C(=O)N[C@@H](CC(C)C)C(=O)NCCCN(CC)CC)cc2)cc1)C(C)CC. The first-order valence-electron chi connectivity index (χ1n) is 20.3. The maximum Gasteiger partial charge on any atom is 0.251 e. The smallest absolute Gasteiger partial charge is 0.251 e. The number of nitrogens with zero attached hydrogens (tertiary/aromatic N) is 1. The van der Waals surface area contributed by atoms with Crippen LogP contribution in [-0.4, -0.2) is 85.3 Å². The molecule has 0 spiro atoms. The zero-order chi connectivity index (χ0) is 40.9. The Kier molecular flexibility index (Phi) is 21.1. The van der Waals surface area contributed by atoms with E-state index in [-0.39, 0.29) is 35.5 Å². The van der Waals surface area contributed by atoms with Crippen molar-refractivity contribution in [1.29, 1.82) is 0 Å². The van der Waals surface area contributed by atoms with Gasteiger partial charge in [-0.25, -0.2) is 0 Å². The van der Waals surface area contributed by atoms with Crippen LogP contribution in [0.2, 0.25) is 0 Å². The first kappa shape index (κ1) is 46.7. The molecule has 2 rings (SSSR count). The summed E-state index contributed by atoms with van der Waals surface area (Å²) in [7, 11) is 0. The average Bonchev–Trinajstić information content (AvgIpc) is 3.16. The lowest BCUT2D eigenvalue weighted by Crippen LogP contribution is -2.56. The summed E-state index contributed by atoms with van der Waals surface area (Å²) in [5, 5.41) is 14.6. The van der Waals surface area contributed by atoms with Crippen LogP contribution in [0.25, 0.3) is 0 Å². The summed E-state index contributed by atoms with van der Waals surface area (Å²) in [6.07, 6.45) is 4.29. The van der Waals surface area contributed by atoms with Gasteiger partial charge in [-0.3, -0.25) is 24.0 Å². The Balaban J connectivity index is 2.03. The molecule has 0 aliphatic rings. The lowest BCUT2D eigenvalue weighted by molar-refractivity contribution is -0.131. The summed E-state index contributed by atoms with van der Waals surface area (Å²) < 4.78 is 5.98. The molecule has 0 bridgehead atoms. The zero-order valence-electron chi connectivity index (χ0n) is 34.8. The van der Waals surface area contributed by atoms with Crippen LogP contribution in [0.5, 0.6) is 11.5 Å². The number of carbonyl (C=O) groups excluding carboxylic acids is 5. The molecule has 0 saturated heterocycles. The Hall–Kier alpha value is -4.45. The number of hydrogen-bond acceptors (Lipinski definition) is 7. The molecule has 0 fully saturated rings. The Morgan fingerprint density at radius 2 is 1.05 bits per heavy atom. The van der Waals surface area contributed by atoms with Crippen molar-refractivity contribution in [2.45, 2.75) is 119 Å². The van der Waals surface area contributed by atoms with Gasteiger partial charge in [0.2, 0.25) is 17.7 Å². The van der Waals surface area contributed by atoms with Crippen LogP contribution in [0.4, 0.5) is 0 Å². The molecule has 55 heavy (non-hydrogen) atoms.